The molecule has 110 valence electrons. The van der Waals surface area contributed by atoms with Crippen LogP contribution >= 0.6 is 11.8 Å². The summed E-state index contributed by atoms with van der Waals surface area (Å²) in [5.41, 5.74) is 0. The van der Waals surface area contributed by atoms with Gasteiger partial charge in [0.25, 0.3) is 0 Å². The van der Waals surface area contributed by atoms with Crippen LogP contribution in [0.5, 0.6) is 0 Å². The Morgan fingerprint density at radius 1 is 1.42 bits per heavy atom. The number of carbonyl (C=O) groups is 2. The summed E-state index contributed by atoms with van der Waals surface area (Å²) >= 11 is 1.50. The Morgan fingerprint density at radius 3 is 2.47 bits per heavy atom. The lowest BCUT2D eigenvalue weighted by Gasteiger charge is -2.29. The Balaban J connectivity index is 2.68. The summed E-state index contributed by atoms with van der Waals surface area (Å²) in [5, 5.41) is 12.0. The van der Waals surface area contributed by atoms with Gasteiger partial charge in [-0.05, 0) is 19.8 Å². The van der Waals surface area contributed by atoms with E-state index in [1.165, 1.54) is 16.7 Å². The molecule has 1 fully saturated rings. The molecule has 3 atom stereocenters. The highest BCUT2D eigenvalue weighted by atomic mass is 32.2. The predicted octanol–water partition coefficient (Wildman–Crippen LogP) is 2.37. The third kappa shape index (κ3) is 3.78. The van der Waals surface area contributed by atoms with Gasteiger partial charge in [0.1, 0.15) is 6.04 Å². The summed E-state index contributed by atoms with van der Waals surface area (Å²) in [6.45, 7) is 8.06. The molecule has 0 aromatic rings. The van der Waals surface area contributed by atoms with E-state index in [4.69, 9.17) is 5.11 Å². The average Bonchev–Trinajstić information content (AvgIpc) is 2.72. The van der Waals surface area contributed by atoms with Crippen LogP contribution in [0.3, 0.4) is 0 Å². The molecule has 3 unspecified atom stereocenters. The van der Waals surface area contributed by atoms with Gasteiger partial charge in [-0.1, -0.05) is 26.7 Å². The van der Waals surface area contributed by atoms with Crippen LogP contribution in [-0.4, -0.2) is 45.2 Å². The summed E-state index contributed by atoms with van der Waals surface area (Å²) in [4.78, 5) is 24.9. The lowest BCUT2D eigenvalue weighted by molar-refractivity contribution is -0.141. The molecule has 1 rings (SSSR count). The summed E-state index contributed by atoms with van der Waals surface area (Å²) in [6, 6.07) is -0.909. The zero-order valence-corrected chi connectivity index (χ0v) is 12.9. The van der Waals surface area contributed by atoms with Crippen LogP contribution in [0.15, 0.2) is 0 Å². The number of rotatable bonds is 5. The SMILES string of the molecule is CCC(CC)C(C)NC(=O)N1C(C)SCC1C(=O)O. The monoisotopic (exact) mass is 288 g/mol. The molecule has 0 bridgehead atoms. The van der Waals surface area contributed by atoms with Gasteiger partial charge in [-0.2, -0.15) is 0 Å². The van der Waals surface area contributed by atoms with E-state index in [-0.39, 0.29) is 17.4 Å². The quantitative estimate of drug-likeness (QED) is 0.815. The molecule has 5 nitrogen and oxygen atoms in total. The van der Waals surface area contributed by atoms with Crippen molar-refractivity contribution < 1.29 is 14.7 Å². The maximum absolute atomic E-state index is 12.3. The standard InChI is InChI=1S/C13H24N2O3S/c1-5-10(6-2)8(3)14-13(18)15-9(4)19-7-11(15)12(16)17/h8-11H,5-7H2,1-4H3,(H,14,18)(H,16,17). The topological polar surface area (TPSA) is 69.6 Å². The average molecular weight is 288 g/mol. The third-order valence-electron chi connectivity index (χ3n) is 3.85. The number of thioether (sulfide) groups is 1. The number of carbonyl (C=O) groups excluding carboxylic acids is 1. The first kappa shape index (κ1) is 16.1. The Hall–Kier alpha value is -0.910. The first-order chi connectivity index (χ1) is 8.92. The zero-order valence-electron chi connectivity index (χ0n) is 12.0. The van der Waals surface area contributed by atoms with Gasteiger partial charge in [0.05, 0.1) is 5.37 Å². The van der Waals surface area contributed by atoms with Gasteiger partial charge in [0.2, 0.25) is 0 Å². The first-order valence-electron chi connectivity index (χ1n) is 6.85. The van der Waals surface area contributed by atoms with E-state index in [2.05, 4.69) is 19.2 Å². The molecule has 0 saturated carbocycles. The Kier molecular flexibility index (Phi) is 5.97. The molecule has 0 spiro atoms. The van der Waals surface area contributed by atoms with Crippen molar-refractivity contribution in [1.82, 2.24) is 10.2 Å². The van der Waals surface area contributed by atoms with Crippen molar-refractivity contribution in [1.29, 1.82) is 0 Å². The lowest BCUT2D eigenvalue weighted by Crippen LogP contribution is -2.52. The molecule has 0 radical (unpaired) electrons. The number of amides is 2. The van der Waals surface area contributed by atoms with Gasteiger partial charge in [0, 0.05) is 11.8 Å². The smallest absolute Gasteiger partial charge is 0.327 e. The maximum atomic E-state index is 12.3. The molecule has 0 aromatic heterocycles. The van der Waals surface area contributed by atoms with E-state index in [1.54, 1.807) is 0 Å². The van der Waals surface area contributed by atoms with Crippen LogP contribution in [0, 0.1) is 5.92 Å². The first-order valence-corrected chi connectivity index (χ1v) is 7.90. The van der Waals surface area contributed by atoms with Crippen LogP contribution in [0.2, 0.25) is 0 Å². The van der Waals surface area contributed by atoms with Crippen molar-refractivity contribution in [2.75, 3.05) is 5.75 Å². The van der Waals surface area contributed by atoms with Crippen LogP contribution in [0.25, 0.3) is 0 Å². The summed E-state index contributed by atoms with van der Waals surface area (Å²) in [5.74, 6) is -0.0384. The Bertz CT molecular complexity index is 334. The fourth-order valence-corrected chi connectivity index (χ4v) is 3.69. The second-order valence-electron chi connectivity index (χ2n) is 5.01. The number of urea groups is 1. The normalized spacial score (nSPS) is 24.6. The van der Waals surface area contributed by atoms with Crippen molar-refractivity contribution in [2.45, 2.75) is 58.0 Å². The molecule has 1 aliphatic rings. The van der Waals surface area contributed by atoms with Crippen LogP contribution < -0.4 is 5.32 Å². The van der Waals surface area contributed by atoms with Crippen molar-refractivity contribution in [3.63, 3.8) is 0 Å². The van der Waals surface area contributed by atoms with Crippen LogP contribution in [-0.2, 0) is 4.79 Å². The number of carboxylic acids is 1. The minimum absolute atomic E-state index is 0.0646. The third-order valence-corrected chi connectivity index (χ3v) is 5.07. The van der Waals surface area contributed by atoms with Crippen LogP contribution in [0.4, 0.5) is 4.79 Å². The number of nitrogens with zero attached hydrogens (tertiary/aromatic N) is 1. The summed E-state index contributed by atoms with van der Waals surface area (Å²) in [7, 11) is 0. The molecule has 0 aliphatic carbocycles. The second-order valence-corrected chi connectivity index (χ2v) is 6.36. The zero-order chi connectivity index (χ0) is 14.6. The molecule has 2 amide bonds. The molecule has 2 N–H and O–H groups in total. The molecule has 1 heterocycles. The molecule has 19 heavy (non-hydrogen) atoms. The van der Waals surface area contributed by atoms with E-state index >= 15 is 0 Å². The van der Waals surface area contributed by atoms with Gasteiger partial charge in [-0.25, -0.2) is 9.59 Å². The molecule has 0 aromatic carbocycles. The van der Waals surface area contributed by atoms with E-state index in [0.717, 1.165) is 12.8 Å². The van der Waals surface area contributed by atoms with Crippen molar-refractivity contribution in [2.24, 2.45) is 5.92 Å². The van der Waals surface area contributed by atoms with Crippen LogP contribution in [0.1, 0.15) is 40.5 Å². The van der Waals surface area contributed by atoms with Gasteiger partial charge in [0.15, 0.2) is 0 Å². The number of hydrogen-bond donors (Lipinski definition) is 2. The highest BCUT2D eigenvalue weighted by Crippen LogP contribution is 2.29. The second kappa shape index (κ2) is 7.03. The van der Waals surface area contributed by atoms with Crippen molar-refractivity contribution in [3.05, 3.63) is 0 Å². The molecular weight excluding hydrogens is 264 g/mol. The van der Waals surface area contributed by atoms with E-state index in [9.17, 15) is 9.59 Å². The Labute approximate surface area is 119 Å². The lowest BCUT2D eigenvalue weighted by atomic mass is 9.96. The molecule has 1 saturated heterocycles. The van der Waals surface area contributed by atoms with Gasteiger partial charge >= 0.3 is 12.0 Å². The van der Waals surface area contributed by atoms with Gasteiger partial charge < -0.3 is 10.4 Å². The highest BCUT2D eigenvalue weighted by Gasteiger charge is 2.40. The fourth-order valence-electron chi connectivity index (χ4n) is 2.52. The fraction of sp³-hybridized carbons (Fsp3) is 0.846. The summed E-state index contributed by atoms with van der Waals surface area (Å²) < 4.78 is 0. The molecule has 6 heteroatoms. The molecule has 1 aliphatic heterocycles. The van der Waals surface area contributed by atoms with Gasteiger partial charge in [-0.15, -0.1) is 11.8 Å². The van der Waals surface area contributed by atoms with E-state index < -0.39 is 12.0 Å². The maximum Gasteiger partial charge on any atom is 0.327 e. The summed E-state index contributed by atoms with van der Waals surface area (Å²) in [6.07, 6.45) is 2.01. The largest absolute Gasteiger partial charge is 0.480 e. The van der Waals surface area contributed by atoms with Gasteiger partial charge in [-0.3, -0.25) is 4.90 Å². The van der Waals surface area contributed by atoms with E-state index in [0.29, 0.717) is 11.7 Å². The number of carboxylic acid groups (broad SMARTS) is 1. The number of nitrogens with one attached hydrogen (secondary N) is 1. The molecular formula is C13H24N2O3S. The van der Waals surface area contributed by atoms with Crippen molar-refractivity contribution >= 4 is 23.8 Å². The number of hydrogen-bond acceptors (Lipinski definition) is 3. The predicted molar refractivity (Wildman–Crippen MR) is 77.2 cm³/mol. The minimum atomic E-state index is -0.929. The highest BCUT2D eigenvalue weighted by molar-refractivity contribution is 8.00. The minimum Gasteiger partial charge on any atom is -0.480 e. The number of aliphatic carboxylic acids is 1. The van der Waals surface area contributed by atoms with Crippen molar-refractivity contribution in [3.8, 4) is 0 Å². The van der Waals surface area contributed by atoms with E-state index in [1.807, 2.05) is 13.8 Å². The Morgan fingerprint density at radius 2 is 2.00 bits per heavy atom.